The first kappa shape index (κ1) is 13.1. The largest absolute Gasteiger partial charge is 0.399 e. The van der Waals surface area contributed by atoms with Crippen molar-refractivity contribution in [1.82, 2.24) is 9.88 Å². The molecule has 0 aromatic carbocycles. The number of nitrogen functional groups attached to an aromatic ring is 1. The molecule has 0 fully saturated rings. The Morgan fingerprint density at radius 2 is 2.28 bits per heavy atom. The Hall–Kier alpha value is -1.39. The average Bonchev–Trinajstić information content (AvgIpc) is 2.81. The van der Waals surface area contributed by atoms with Crippen LogP contribution in [0.4, 0.5) is 5.69 Å². The Bertz CT molecular complexity index is 482. The number of thiophene rings is 1. The molecule has 0 amide bonds. The summed E-state index contributed by atoms with van der Waals surface area (Å²) in [4.78, 5) is 8.07. The molecule has 2 N–H and O–H groups in total. The number of nitrogens with two attached hydrogens (primary N) is 1. The van der Waals surface area contributed by atoms with E-state index in [-0.39, 0.29) is 0 Å². The van der Waals surface area contributed by atoms with E-state index in [1.807, 2.05) is 23.5 Å². The van der Waals surface area contributed by atoms with E-state index in [2.05, 4.69) is 41.4 Å². The summed E-state index contributed by atoms with van der Waals surface area (Å²) in [5.74, 6) is 0. The first-order valence-corrected chi connectivity index (χ1v) is 6.96. The first-order valence-electron chi connectivity index (χ1n) is 6.08. The van der Waals surface area contributed by atoms with Gasteiger partial charge in [0.1, 0.15) is 0 Å². The van der Waals surface area contributed by atoms with E-state index < -0.39 is 0 Å². The van der Waals surface area contributed by atoms with Crippen LogP contribution in [-0.2, 0) is 13.0 Å². The first-order chi connectivity index (χ1) is 8.65. The Morgan fingerprint density at radius 3 is 2.94 bits per heavy atom. The lowest BCUT2D eigenvalue weighted by Crippen LogP contribution is -2.30. The van der Waals surface area contributed by atoms with Gasteiger partial charge in [0.2, 0.25) is 0 Å². The van der Waals surface area contributed by atoms with Gasteiger partial charge in [0, 0.05) is 29.3 Å². The highest BCUT2D eigenvalue weighted by Crippen LogP contribution is 2.15. The molecule has 0 aliphatic carbocycles. The van der Waals surface area contributed by atoms with Crippen molar-refractivity contribution in [2.45, 2.75) is 25.9 Å². The van der Waals surface area contributed by atoms with Crippen molar-refractivity contribution in [3.63, 3.8) is 0 Å². The van der Waals surface area contributed by atoms with Crippen molar-refractivity contribution in [3.05, 3.63) is 46.4 Å². The summed E-state index contributed by atoms with van der Waals surface area (Å²) in [6.07, 6.45) is 2.85. The van der Waals surface area contributed by atoms with Gasteiger partial charge in [-0.15, -0.1) is 11.3 Å². The van der Waals surface area contributed by atoms with Crippen LogP contribution >= 0.6 is 11.3 Å². The Kier molecular flexibility index (Phi) is 4.33. The van der Waals surface area contributed by atoms with Crippen molar-refractivity contribution in [3.8, 4) is 0 Å². The second-order valence-corrected chi connectivity index (χ2v) is 5.66. The molecular formula is C14H19N3S. The van der Waals surface area contributed by atoms with Gasteiger partial charge >= 0.3 is 0 Å². The molecule has 0 spiro atoms. The van der Waals surface area contributed by atoms with Crippen LogP contribution in [0.2, 0.25) is 0 Å². The summed E-state index contributed by atoms with van der Waals surface area (Å²) in [7, 11) is 2.13. The molecule has 0 aliphatic rings. The number of hydrogen-bond acceptors (Lipinski definition) is 4. The van der Waals surface area contributed by atoms with Gasteiger partial charge < -0.3 is 5.73 Å². The molecule has 0 aliphatic heterocycles. The molecule has 2 rings (SSSR count). The Balaban J connectivity index is 1.93. The summed E-state index contributed by atoms with van der Waals surface area (Å²) >= 11 is 1.82. The maximum atomic E-state index is 5.76. The zero-order valence-corrected chi connectivity index (χ0v) is 11.7. The average molecular weight is 261 g/mol. The fourth-order valence-corrected chi connectivity index (χ4v) is 2.70. The minimum Gasteiger partial charge on any atom is -0.399 e. The van der Waals surface area contributed by atoms with Gasteiger partial charge in [-0.05, 0) is 44.0 Å². The predicted octanol–water partition coefficient (Wildman–Crippen LogP) is 2.79. The smallest absolute Gasteiger partial charge is 0.0564 e. The molecule has 0 saturated carbocycles. The Morgan fingerprint density at radius 1 is 1.44 bits per heavy atom. The molecule has 1 atom stereocenters. The Labute approximate surface area is 112 Å². The molecule has 3 nitrogen and oxygen atoms in total. The van der Waals surface area contributed by atoms with Gasteiger partial charge in [-0.1, -0.05) is 6.07 Å². The molecule has 0 saturated heterocycles. The van der Waals surface area contributed by atoms with Crippen molar-refractivity contribution >= 4 is 17.0 Å². The van der Waals surface area contributed by atoms with E-state index in [0.29, 0.717) is 6.04 Å². The third-order valence-corrected chi connectivity index (χ3v) is 3.98. The van der Waals surface area contributed by atoms with Crippen LogP contribution in [0.1, 0.15) is 17.5 Å². The van der Waals surface area contributed by atoms with Crippen LogP contribution in [0.15, 0.2) is 35.8 Å². The van der Waals surface area contributed by atoms with Crippen LogP contribution in [0, 0.1) is 0 Å². The molecular weight excluding hydrogens is 242 g/mol. The highest BCUT2D eigenvalue weighted by molar-refractivity contribution is 7.09. The molecule has 96 valence electrons. The van der Waals surface area contributed by atoms with Gasteiger partial charge in [-0.3, -0.25) is 9.88 Å². The van der Waals surface area contributed by atoms with Crippen LogP contribution in [0.5, 0.6) is 0 Å². The number of likely N-dealkylation sites (N-methyl/N-ethyl adjacent to an activating group) is 1. The second-order valence-electron chi connectivity index (χ2n) is 4.63. The zero-order valence-electron chi connectivity index (χ0n) is 10.8. The van der Waals surface area contributed by atoms with Crippen LogP contribution in [0.25, 0.3) is 0 Å². The van der Waals surface area contributed by atoms with Crippen LogP contribution < -0.4 is 5.73 Å². The predicted molar refractivity (Wildman–Crippen MR) is 77.6 cm³/mol. The van der Waals surface area contributed by atoms with Gasteiger partial charge in [-0.2, -0.15) is 0 Å². The van der Waals surface area contributed by atoms with Crippen molar-refractivity contribution in [2.75, 3.05) is 12.8 Å². The van der Waals surface area contributed by atoms with E-state index in [1.165, 1.54) is 4.88 Å². The molecule has 18 heavy (non-hydrogen) atoms. The van der Waals surface area contributed by atoms with Gasteiger partial charge in [0.05, 0.1) is 5.69 Å². The summed E-state index contributed by atoms with van der Waals surface area (Å²) in [5.41, 5.74) is 7.56. The molecule has 0 radical (unpaired) electrons. The fourth-order valence-electron chi connectivity index (χ4n) is 1.87. The third kappa shape index (κ3) is 3.55. The molecule has 1 unspecified atom stereocenters. The maximum Gasteiger partial charge on any atom is 0.0564 e. The lowest BCUT2D eigenvalue weighted by Gasteiger charge is -2.24. The number of anilines is 1. The van der Waals surface area contributed by atoms with Gasteiger partial charge in [0.15, 0.2) is 0 Å². The topological polar surface area (TPSA) is 42.1 Å². The van der Waals surface area contributed by atoms with E-state index in [0.717, 1.165) is 24.3 Å². The summed E-state index contributed by atoms with van der Waals surface area (Å²) in [6.45, 7) is 3.07. The summed E-state index contributed by atoms with van der Waals surface area (Å²) < 4.78 is 0. The summed E-state index contributed by atoms with van der Waals surface area (Å²) in [6, 6.07) is 8.54. The minimum absolute atomic E-state index is 0.492. The lowest BCUT2D eigenvalue weighted by atomic mass is 10.2. The summed E-state index contributed by atoms with van der Waals surface area (Å²) in [5, 5.41) is 2.13. The van der Waals surface area contributed by atoms with Gasteiger partial charge in [0.25, 0.3) is 0 Å². The maximum absolute atomic E-state index is 5.76. The fraction of sp³-hybridized carbons (Fsp3) is 0.357. The van der Waals surface area contributed by atoms with Crippen molar-refractivity contribution in [1.29, 1.82) is 0 Å². The van der Waals surface area contributed by atoms with Crippen molar-refractivity contribution < 1.29 is 0 Å². The number of hydrogen-bond donors (Lipinski definition) is 1. The van der Waals surface area contributed by atoms with Crippen LogP contribution in [0.3, 0.4) is 0 Å². The number of pyridine rings is 1. The monoisotopic (exact) mass is 261 g/mol. The van der Waals surface area contributed by atoms with Crippen molar-refractivity contribution in [2.24, 2.45) is 0 Å². The standard InChI is InChI=1S/C14H19N3S/c1-11(8-14-4-3-7-18-14)17(2)10-13-9-12(15)5-6-16-13/h3-7,9,11H,8,10H2,1-2H3,(H2,15,16). The van der Waals surface area contributed by atoms with E-state index in [9.17, 15) is 0 Å². The highest BCUT2D eigenvalue weighted by atomic mass is 32.1. The molecule has 2 aromatic heterocycles. The molecule has 2 heterocycles. The van der Waals surface area contributed by atoms with E-state index >= 15 is 0 Å². The quantitative estimate of drug-likeness (QED) is 0.900. The van der Waals surface area contributed by atoms with E-state index in [4.69, 9.17) is 5.73 Å². The molecule has 2 aromatic rings. The SMILES string of the molecule is CC(Cc1cccs1)N(C)Cc1cc(N)ccn1. The third-order valence-electron chi connectivity index (χ3n) is 3.08. The molecule has 4 heteroatoms. The van der Waals surface area contributed by atoms with E-state index in [1.54, 1.807) is 6.20 Å². The van der Waals surface area contributed by atoms with Gasteiger partial charge in [-0.25, -0.2) is 0 Å². The molecule has 0 bridgehead atoms. The highest BCUT2D eigenvalue weighted by Gasteiger charge is 2.11. The zero-order chi connectivity index (χ0) is 13.0. The second kappa shape index (κ2) is 5.98. The lowest BCUT2D eigenvalue weighted by molar-refractivity contribution is 0.246. The number of nitrogens with zero attached hydrogens (tertiary/aromatic N) is 2. The van der Waals surface area contributed by atoms with Crippen LogP contribution in [-0.4, -0.2) is 23.0 Å². The number of rotatable bonds is 5. The normalized spacial score (nSPS) is 12.8. The number of aromatic nitrogens is 1. The minimum atomic E-state index is 0.492.